The van der Waals surface area contributed by atoms with Gasteiger partial charge in [0.05, 0.1) is 0 Å². The minimum atomic E-state index is -2.53. The van der Waals surface area contributed by atoms with Crippen LogP contribution in [0.2, 0.25) is 0 Å². The molecule has 9 heteroatoms. The smallest absolute Gasteiger partial charge is 0.198 e. The van der Waals surface area contributed by atoms with Crippen LogP contribution in [0.1, 0.15) is 17.2 Å². The van der Waals surface area contributed by atoms with E-state index in [4.69, 9.17) is 0 Å². The fourth-order valence-electron chi connectivity index (χ4n) is 2.44. The Hall–Kier alpha value is -2.16. The Morgan fingerprint density at radius 2 is 0.727 bits per heavy atom. The lowest BCUT2D eigenvalue weighted by Crippen LogP contribution is -2.06. The molecule has 0 saturated heterocycles. The number of hydrogen-bond acceptors (Lipinski definition) is 1. The highest BCUT2D eigenvalue weighted by Crippen LogP contribution is 2.50. The second kappa shape index (κ2) is 4.42. The molecule has 0 amide bonds. The number of fused-ring (bicyclic) bond motifs is 3. The van der Waals surface area contributed by atoms with Gasteiger partial charge in [0.25, 0.3) is 0 Å². The molecule has 1 aliphatic rings. The molecule has 1 N–H and O–H groups in total. The van der Waals surface area contributed by atoms with E-state index in [0.29, 0.717) is 0 Å². The summed E-state index contributed by atoms with van der Waals surface area (Å²) < 4.78 is 108. The van der Waals surface area contributed by atoms with Crippen molar-refractivity contribution in [1.29, 1.82) is 0 Å². The summed E-state index contributed by atoms with van der Waals surface area (Å²) in [4.78, 5) is 0. The Bertz CT molecular complexity index is 776. The Labute approximate surface area is 116 Å². The maximum Gasteiger partial charge on any atom is 0.198 e. The molecule has 1 nitrogen and oxygen atoms in total. The van der Waals surface area contributed by atoms with E-state index in [1.165, 1.54) is 0 Å². The van der Waals surface area contributed by atoms with Gasteiger partial charge in [0.15, 0.2) is 46.5 Å². The first-order chi connectivity index (χ1) is 10.2. The van der Waals surface area contributed by atoms with Crippen LogP contribution >= 0.6 is 0 Å². The van der Waals surface area contributed by atoms with E-state index < -0.39 is 74.9 Å². The van der Waals surface area contributed by atoms with E-state index in [9.17, 15) is 40.2 Å². The Kier molecular flexibility index (Phi) is 2.96. The van der Waals surface area contributed by atoms with Crippen LogP contribution in [0.25, 0.3) is 11.1 Å². The number of benzene rings is 2. The van der Waals surface area contributed by atoms with Gasteiger partial charge in [0.2, 0.25) is 0 Å². The quantitative estimate of drug-likeness (QED) is 0.443. The third kappa shape index (κ3) is 1.51. The zero-order valence-electron chi connectivity index (χ0n) is 10.0. The molecule has 2 aromatic rings. The van der Waals surface area contributed by atoms with Crippen LogP contribution in [0.4, 0.5) is 35.1 Å². The highest BCUT2D eigenvalue weighted by molar-refractivity contribution is 5.80. The number of aliphatic hydroxyl groups is 1. The molecule has 0 fully saturated rings. The van der Waals surface area contributed by atoms with Gasteiger partial charge < -0.3 is 5.11 Å². The average molecular weight is 326 g/mol. The zero-order chi connectivity index (χ0) is 16.5. The molecule has 0 heterocycles. The van der Waals surface area contributed by atoms with Gasteiger partial charge in [0, 0.05) is 22.3 Å². The minimum absolute atomic E-state index is 1.34. The second-order valence-corrected chi connectivity index (χ2v) is 4.49. The Morgan fingerprint density at radius 3 is 1.05 bits per heavy atom. The maximum atomic E-state index is 13.7. The van der Waals surface area contributed by atoms with Gasteiger partial charge in [-0.05, 0) is 0 Å². The summed E-state index contributed by atoms with van der Waals surface area (Å²) in [5, 5.41) is 9.68. The molecule has 0 spiro atoms. The normalized spacial score (nSPS) is 13.5. The molecule has 0 radical (unpaired) electrons. The van der Waals surface area contributed by atoms with E-state index >= 15 is 0 Å². The number of rotatable bonds is 0. The van der Waals surface area contributed by atoms with Crippen LogP contribution in [0.5, 0.6) is 0 Å². The van der Waals surface area contributed by atoms with Crippen LogP contribution in [-0.4, -0.2) is 5.11 Å². The van der Waals surface area contributed by atoms with Gasteiger partial charge in [-0.25, -0.2) is 35.1 Å². The SMILES string of the molecule is OC1c2c(F)c(F)c(F)c(F)c2-c2c(F)c(F)c(F)c(F)c21. The monoisotopic (exact) mass is 326 g/mol. The second-order valence-electron chi connectivity index (χ2n) is 4.49. The topological polar surface area (TPSA) is 20.2 Å². The average Bonchev–Trinajstić information content (AvgIpc) is 2.80. The lowest BCUT2D eigenvalue weighted by Gasteiger charge is -2.09. The van der Waals surface area contributed by atoms with Crippen molar-refractivity contribution in [2.24, 2.45) is 0 Å². The van der Waals surface area contributed by atoms with Crippen molar-refractivity contribution in [1.82, 2.24) is 0 Å². The summed E-state index contributed by atoms with van der Waals surface area (Å²) in [7, 11) is 0. The first-order valence-corrected chi connectivity index (χ1v) is 5.60. The van der Waals surface area contributed by atoms with E-state index in [1.54, 1.807) is 0 Å². The van der Waals surface area contributed by atoms with E-state index in [1.807, 2.05) is 0 Å². The van der Waals surface area contributed by atoms with Crippen molar-refractivity contribution in [3.05, 3.63) is 57.7 Å². The van der Waals surface area contributed by atoms with Crippen molar-refractivity contribution in [3.8, 4) is 11.1 Å². The molecular weight excluding hydrogens is 324 g/mol. The summed E-state index contributed by atoms with van der Waals surface area (Å²) in [6, 6.07) is 0. The molecule has 0 unspecified atom stereocenters. The van der Waals surface area contributed by atoms with Crippen LogP contribution in [-0.2, 0) is 0 Å². The van der Waals surface area contributed by atoms with Crippen molar-refractivity contribution < 1.29 is 40.2 Å². The number of hydrogen-bond donors (Lipinski definition) is 1. The third-order valence-corrected chi connectivity index (χ3v) is 3.40. The first kappa shape index (κ1) is 14.8. The standard InChI is InChI=1S/C13H2F8O/c14-5-1-2-4(8(17)12(21)10(19)6(2)15)13(22)3(1)7(16)11(20)9(5)18/h13,22H. The summed E-state index contributed by atoms with van der Waals surface area (Å²) in [6.45, 7) is 0. The van der Waals surface area contributed by atoms with Gasteiger partial charge in [0.1, 0.15) is 6.10 Å². The fourth-order valence-corrected chi connectivity index (χ4v) is 2.44. The molecule has 0 bridgehead atoms. The molecule has 1 aliphatic carbocycles. The molecule has 22 heavy (non-hydrogen) atoms. The lowest BCUT2D eigenvalue weighted by atomic mass is 10.0. The first-order valence-electron chi connectivity index (χ1n) is 5.60. The number of aliphatic hydroxyl groups excluding tert-OH is 1. The summed E-state index contributed by atoms with van der Waals surface area (Å²) in [6.07, 6.45) is -2.53. The van der Waals surface area contributed by atoms with Crippen LogP contribution < -0.4 is 0 Å². The van der Waals surface area contributed by atoms with Crippen molar-refractivity contribution in [2.45, 2.75) is 6.10 Å². The number of halogens is 8. The van der Waals surface area contributed by atoms with Gasteiger partial charge in [-0.15, -0.1) is 0 Å². The summed E-state index contributed by atoms with van der Waals surface area (Å²) in [5.74, 6) is -17.9. The zero-order valence-corrected chi connectivity index (χ0v) is 10.0. The lowest BCUT2D eigenvalue weighted by molar-refractivity contribution is 0.210. The molecule has 116 valence electrons. The van der Waals surface area contributed by atoms with Gasteiger partial charge in [-0.2, -0.15) is 0 Å². The molecular formula is C13H2F8O. The highest BCUT2D eigenvalue weighted by Gasteiger charge is 2.43. The van der Waals surface area contributed by atoms with Crippen LogP contribution in [0.3, 0.4) is 0 Å². The van der Waals surface area contributed by atoms with Gasteiger partial charge in [-0.1, -0.05) is 0 Å². The summed E-state index contributed by atoms with van der Waals surface area (Å²) >= 11 is 0. The molecule has 0 aliphatic heterocycles. The minimum Gasteiger partial charge on any atom is -0.383 e. The van der Waals surface area contributed by atoms with E-state index in [2.05, 4.69) is 0 Å². The van der Waals surface area contributed by atoms with Gasteiger partial charge in [-0.3, -0.25) is 0 Å². The Balaban J connectivity index is 2.56. The predicted molar refractivity (Wildman–Crippen MR) is 55.6 cm³/mol. The summed E-state index contributed by atoms with van der Waals surface area (Å²) in [5.41, 5.74) is -5.47. The van der Waals surface area contributed by atoms with E-state index in [0.717, 1.165) is 0 Å². The Morgan fingerprint density at radius 1 is 0.455 bits per heavy atom. The molecule has 0 aromatic heterocycles. The third-order valence-electron chi connectivity index (χ3n) is 3.40. The van der Waals surface area contributed by atoms with Crippen molar-refractivity contribution in [2.75, 3.05) is 0 Å². The molecule has 2 aromatic carbocycles. The largest absolute Gasteiger partial charge is 0.383 e. The molecule has 0 saturated carbocycles. The van der Waals surface area contributed by atoms with Crippen molar-refractivity contribution >= 4 is 0 Å². The predicted octanol–water partition coefficient (Wildman–Crippen LogP) is 3.86. The molecule has 3 rings (SSSR count). The van der Waals surface area contributed by atoms with Crippen molar-refractivity contribution in [3.63, 3.8) is 0 Å². The maximum absolute atomic E-state index is 13.7. The van der Waals surface area contributed by atoms with Gasteiger partial charge >= 0.3 is 0 Å². The highest BCUT2D eigenvalue weighted by atomic mass is 19.2. The van der Waals surface area contributed by atoms with Crippen LogP contribution in [0.15, 0.2) is 0 Å². The fraction of sp³-hybridized carbons (Fsp3) is 0.0769. The molecule has 0 atom stereocenters. The van der Waals surface area contributed by atoms with E-state index in [-0.39, 0.29) is 0 Å². The van der Waals surface area contributed by atoms with Crippen LogP contribution in [0, 0.1) is 46.5 Å².